The van der Waals surface area contributed by atoms with E-state index in [1.807, 2.05) is 0 Å². The molecule has 17 heavy (non-hydrogen) atoms. The minimum Gasteiger partial charge on any atom is -0.393 e. The number of ether oxygens (including phenoxy) is 1. The molecule has 0 atom stereocenters. The molecule has 4 aliphatic carbocycles. The van der Waals surface area contributed by atoms with E-state index < -0.39 is 5.97 Å². The van der Waals surface area contributed by atoms with Gasteiger partial charge in [-0.3, -0.25) is 9.59 Å². The van der Waals surface area contributed by atoms with Crippen LogP contribution < -0.4 is 0 Å². The number of carbonyl (C=O) groups is 2. The van der Waals surface area contributed by atoms with Gasteiger partial charge in [-0.25, -0.2) is 0 Å². The minimum atomic E-state index is -0.472. The summed E-state index contributed by atoms with van der Waals surface area (Å²) in [6.07, 6.45) is 8.16. The van der Waals surface area contributed by atoms with Crippen molar-refractivity contribution in [2.75, 3.05) is 0 Å². The lowest BCUT2D eigenvalue weighted by Gasteiger charge is -2.56. The summed E-state index contributed by atoms with van der Waals surface area (Å²) in [6.45, 7) is 1.30. The van der Waals surface area contributed by atoms with Crippen LogP contribution in [0.1, 0.15) is 51.9 Å². The summed E-state index contributed by atoms with van der Waals surface area (Å²) in [5.74, 6) is 1.74. The summed E-state index contributed by atoms with van der Waals surface area (Å²) in [4.78, 5) is 22.5. The largest absolute Gasteiger partial charge is 0.393 e. The van der Waals surface area contributed by atoms with Gasteiger partial charge < -0.3 is 4.74 Å². The van der Waals surface area contributed by atoms with Crippen molar-refractivity contribution in [3.8, 4) is 0 Å². The Bertz CT molecular complexity index is 323. The quantitative estimate of drug-likeness (QED) is 0.547. The van der Waals surface area contributed by atoms with Crippen molar-refractivity contribution in [2.24, 2.45) is 23.2 Å². The van der Waals surface area contributed by atoms with Crippen LogP contribution in [0.15, 0.2) is 0 Å². The summed E-state index contributed by atoms with van der Waals surface area (Å²) in [5, 5.41) is 0. The van der Waals surface area contributed by atoms with E-state index in [2.05, 4.69) is 0 Å². The fourth-order valence-corrected chi connectivity index (χ4v) is 5.01. The Morgan fingerprint density at radius 1 is 1.06 bits per heavy atom. The zero-order chi connectivity index (χ0) is 12.0. The highest BCUT2D eigenvalue weighted by Crippen LogP contribution is 2.61. The lowest BCUT2D eigenvalue weighted by atomic mass is 9.49. The van der Waals surface area contributed by atoms with Gasteiger partial charge in [-0.1, -0.05) is 0 Å². The topological polar surface area (TPSA) is 43.4 Å². The van der Waals surface area contributed by atoms with E-state index in [1.54, 1.807) is 0 Å². The Kier molecular flexibility index (Phi) is 2.53. The van der Waals surface area contributed by atoms with Gasteiger partial charge in [-0.15, -0.1) is 0 Å². The third-order valence-electron chi connectivity index (χ3n) is 4.94. The van der Waals surface area contributed by atoms with Gasteiger partial charge in [-0.05, 0) is 61.7 Å². The Balaban J connectivity index is 1.70. The first-order chi connectivity index (χ1) is 8.05. The Morgan fingerprint density at radius 2 is 1.53 bits per heavy atom. The van der Waals surface area contributed by atoms with E-state index in [0.717, 1.165) is 17.8 Å². The lowest BCUT2D eigenvalue weighted by Crippen LogP contribution is -2.47. The molecule has 4 aliphatic rings. The van der Waals surface area contributed by atoms with E-state index in [0.29, 0.717) is 6.42 Å². The molecule has 0 amide bonds. The summed E-state index contributed by atoms with van der Waals surface area (Å²) >= 11 is 0. The zero-order valence-corrected chi connectivity index (χ0v) is 10.4. The predicted molar refractivity (Wildman–Crippen MR) is 62.0 cm³/mol. The third kappa shape index (κ3) is 2.12. The number of hydrogen-bond donors (Lipinski definition) is 0. The van der Waals surface area contributed by atoms with E-state index in [4.69, 9.17) is 4.74 Å². The Morgan fingerprint density at radius 3 is 1.94 bits per heavy atom. The van der Waals surface area contributed by atoms with Gasteiger partial charge in [0.05, 0.1) is 6.42 Å². The van der Waals surface area contributed by atoms with Crippen LogP contribution in [0.5, 0.6) is 0 Å². The van der Waals surface area contributed by atoms with Crippen molar-refractivity contribution >= 4 is 11.9 Å². The first-order valence-electron chi connectivity index (χ1n) is 6.76. The summed E-state index contributed by atoms with van der Waals surface area (Å²) < 4.78 is 4.71. The average molecular weight is 236 g/mol. The molecule has 0 aliphatic heterocycles. The van der Waals surface area contributed by atoms with Gasteiger partial charge in [0, 0.05) is 6.92 Å². The maximum absolute atomic E-state index is 11.7. The fourth-order valence-electron chi connectivity index (χ4n) is 5.01. The molecular formula is C14H20O3. The number of rotatable bonds is 2. The Labute approximate surface area is 102 Å². The molecule has 0 spiro atoms. The van der Waals surface area contributed by atoms with Crippen molar-refractivity contribution in [2.45, 2.75) is 51.9 Å². The monoisotopic (exact) mass is 236 g/mol. The molecule has 0 radical (unpaired) electrons. The molecular weight excluding hydrogens is 216 g/mol. The molecule has 0 N–H and O–H groups in total. The maximum Gasteiger partial charge on any atom is 0.313 e. The molecule has 4 rings (SSSR count). The van der Waals surface area contributed by atoms with E-state index in [9.17, 15) is 9.59 Å². The van der Waals surface area contributed by atoms with Crippen LogP contribution >= 0.6 is 0 Å². The number of hydrogen-bond acceptors (Lipinski definition) is 3. The van der Waals surface area contributed by atoms with E-state index in [1.165, 1.54) is 45.4 Å². The molecule has 4 saturated carbocycles. The van der Waals surface area contributed by atoms with Crippen molar-refractivity contribution < 1.29 is 14.3 Å². The zero-order valence-electron chi connectivity index (χ0n) is 10.4. The minimum absolute atomic E-state index is 0.182. The van der Waals surface area contributed by atoms with Crippen molar-refractivity contribution in [1.82, 2.24) is 0 Å². The summed E-state index contributed by atoms with van der Waals surface area (Å²) in [7, 11) is 0. The standard InChI is InChI=1S/C14H20O3/c1-9(15)17-13(16)8-14-5-10-2-11(6-14)4-12(3-10)7-14/h10-12H,2-8H2,1H3. The highest BCUT2D eigenvalue weighted by molar-refractivity contribution is 5.84. The lowest BCUT2D eigenvalue weighted by molar-refractivity contribution is -0.162. The SMILES string of the molecule is CC(=O)OC(=O)CC12CC3CC(CC(C3)C1)C2. The van der Waals surface area contributed by atoms with Gasteiger partial charge in [0.2, 0.25) is 0 Å². The molecule has 94 valence electrons. The first kappa shape index (κ1) is 11.2. The molecule has 0 unspecified atom stereocenters. The van der Waals surface area contributed by atoms with Gasteiger partial charge in [-0.2, -0.15) is 0 Å². The molecule has 0 heterocycles. The second-order valence-electron chi connectivity index (χ2n) is 6.56. The van der Waals surface area contributed by atoms with E-state index in [-0.39, 0.29) is 11.4 Å². The molecule has 0 aromatic heterocycles. The number of esters is 2. The van der Waals surface area contributed by atoms with Gasteiger partial charge in [0.15, 0.2) is 0 Å². The number of carbonyl (C=O) groups excluding carboxylic acids is 2. The second kappa shape index (κ2) is 3.82. The van der Waals surface area contributed by atoms with Crippen LogP contribution in [0, 0.1) is 23.2 Å². The van der Waals surface area contributed by atoms with Gasteiger partial charge in [0.25, 0.3) is 0 Å². The van der Waals surface area contributed by atoms with Crippen molar-refractivity contribution in [1.29, 1.82) is 0 Å². The van der Waals surface area contributed by atoms with Crippen LogP contribution in [0.4, 0.5) is 0 Å². The van der Waals surface area contributed by atoms with Crippen LogP contribution in [0.2, 0.25) is 0 Å². The Hall–Kier alpha value is -0.860. The van der Waals surface area contributed by atoms with Crippen LogP contribution in [0.3, 0.4) is 0 Å². The normalized spacial score (nSPS) is 42.5. The highest BCUT2D eigenvalue weighted by atomic mass is 16.6. The van der Waals surface area contributed by atoms with Gasteiger partial charge in [0.1, 0.15) is 0 Å². The first-order valence-corrected chi connectivity index (χ1v) is 6.76. The molecule has 3 heteroatoms. The van der Waals surface area contributed by atoms with E-state index >= 15 is 0 Å². The second-order valence-corrected chi connectivity index (χ2v) is 6.56. The van der Waals surface area contributed by atoms with Crippen LogP contribution in [-0.4, -0.2) is 11.9 Å². The van der Waals surface area contributed by atoms with Crippen LogP contribution in [0.25, 0.3) is 0 Å². The van der Waals surface area contributed by atoms with Crippen molar-refractivity contribution in [3.05, 3.63) is 0 Å². The molecule has 0 aromatic rings. The molecule has 4 fully saturated rings. The molecule has 0 saturated heterocycles. The fraction of sp³-hybridized carbons (Fsp3) is 0.857. The smallest absolute Gasteiger partial charge is 0.313 e. The maximum atomic E-state index is 11.7. The predicted octanol–water partition coefficient (Wildman–Crippen LogP) is 2.68. The average Bonchev–Trinajstić information content (AvgIpc) is 2.11. The van der Waals surface area contributed by atoms with Crippen molar-refractivity contribution in [3.63, 3.8) is 0 Å². The molecule has 0 aromatic carbocycles. The van der Waals surface area contributed by atoms with Crippen LogP contribution in [-0.2, 0) is 14.3 Å². The molecule has 3 nitrogen and oxygen atoms in total. The summed E-state index contributed by atoms with van der Waals surface area (Å²) in [6, 6.07) is 0. The molecule has 4 bridgehead atoms. The highest BCUT2D eigenvalue weighted by Gasteiger charge is 2.51. The third-order valence-corrected chi connectivity index (χ3v) is 4.94. The van der Waals surface area contributed by atoms with Gasteiger partial charge >= 0.3 is 11.9 Å². The summed E-state index contributed by atoms with van der Waals surface area (Å²) in [5.41, 5.74) is 0.182.